The van der Waals surface area contributed by atoms with E-state index >= 15 is 0 Å². The minimum Gasteiger partial charge on any atom is -0.998 e. The predicted molar refractivity (Wildman–Crippen MR) is 103 cm³/mol. The molecule has 4 aromatic carbocycles. The molecule has 2 unspecified atom stereocenters. The molecule has 25 heavy (non-hydrogen) atoms. The Morgan fingerprint density at radius 2 is 0.840 bits per heavy atom. The number of hydrogen-bond acceptors (Lipinski definition) is 0. The Morgan fingerprint density at radius 3 is 1.16 bits per heavy atom. The van der Waals surface area contributed by atoms with Crippen LogP contribution in [0.1, 0.15) is 0 Å². The summed E-state index contributed by atoms with van der Waals surface area (Å²) in [6, 6.07) is 43.5. The first kappa shape index (κ1) is 19.8. The number of benzene rings is 2. The van der Waals surface area contributed by atoms with E-state index in [-0.39, 0.29) is 17.1 Å². The van der Waals surface area contributed by atoms with Crippen LogP contribution in [-0.4, -0.2) is 0 Å². The van der Waals surface area contributed by atoms with Gasteiger partial charge in [0, 0.05) is 17.1 Å². The van der Waals surface area contributed by atoms with Gasteiger partial charge in [-0.3, -0.25) is 17.2 Å². The maximum Gasteiger partial charge on any atom is 0 e. The number of hydrogen-bond donors (Lipinski definition) is 0. The van der Waals surface area contributed by atoms with E-state index in [1.165, 1.54) is 10.6 Å². The monoisotopic (exact) mass is 394 g/mol. The molecular weight excluding hydrogens is 382 g/mol. The molecule has 0 bridgehead atoms. The van der Waals surface area contributed by atoms with E-state index in [0.29, 0.717) is 17.2 Å². The zero-order valence-corrected chi connectivity index (χ0v) is 16.2. The van der Waals surface area contributed by atoms with E-state index < -0.39 is 0 Å². The molecule has 0 spiro atoms. The van der Waals surface area contributed by atoms with Gasteiger partial charge in [0.2, 0.25) is 0 Å². The summed E-state index contributed by atoms with van der Waals surface area (Å²) in [5, 5.41) is 4.72. The first-order valence-corrected chi connectivity index (χ1v) is 9.32. The van der Waals surface area contributed by atoms with Gasteiger partial charge in [-0.1, -0.05) is 71.3 Å². The van der Waals surface area contributed by atoms with Gasteiger partial charge < -0.3 is 59.1 Å². The van der Waals surface area contributed by atoms with Gasteiger partial charge in [-0.15, -0.1) is 0 Å². The van der Waals surface area contributed by atoms with Crippen molar-refractivity contribution < 1.29 is 17.1 Å². The molecule has 0 amide bonds. The summed E-state index contributed by atoms with van der Waals surface area (Å²) in [6.45, 7) is 0. The summed E-state index contributed by atoms with van der Waals surface area (Å²) in [5.74, 6) is 0. The zero-order chi connectivity index (χ0) is 16.5. The molecule has 128 valence electrons. The van der Waals surface area contributed by atoms with Crippen LogP contribution in [0.3, 0.4) is 0 Å². The van der Waals surface area contributed by atoms with Crippen LogP contribution in [-0.2, 0) is 17.1 Å². The van der Waals surface area contributed by atoms with Gasteiger partial charge in [-0.2, -0.15) is 0 Å². The molecule has 4 aromatic rings. The van der Waals surface area contributed by atoms with Gasteiger partial charge in [-0.05, 0) is 0 Å². The van der Waals surface area contributed by atoms with Crippen molar-refractivity contribution in [3.05, 3.63) is 109 Å². The van der Waals surface area contributed by atoms with Gasteiger partial charge in [0.25, 0.3) is 0 Å². The minimum absolute atomic E-state index is 0. The summed E-state index contributed by atoms with van der Waals surface area (Å²) in [4.78, 5) is 0. The Labute approximate surface area is 164 Å². The Balaban J connectivity index is 0.000000173. The summed E-state index contributed by atoms with van der Waals surface area (Å²) >= 11 is 0. The molecule has 0 heterocycles. The average Bonchev–Trinajstić information content (AvgIpc) is 3.32. The molecule has 0 saturated heterocycles. The van der Waals surface area contributed by atoms with Crippen molar-refractivity contribution in [1.82, 2.24) is 0 Å². The Hall–Kier alpha value is -1.48. The molecule has 0 radical (unpaired) electrons. The van der Waals surface area contributed by atoms with Gasteiger partial charge in [-0.25, -0.2) is 0 Å². The molecule has 0 N–H and O–H groups in total. The summed E-state index contributed by atoms with van der Waals surface area (Å²) < 4.78 is 0. The largest absolute Gasteiger partial charge is 0.998 e. The summed E-state index contributed by atoms with van der Waals surface area (Å²) in [6.07, 6.45) is 0. The minimum atomic E-state index is 0. The fourth-order valence-electron chi connectivity index (χ4n) is 1.89. The van der Waals surface area contributed by atoms with Crippen molar-refractivity contribution >= 4 is 38.4 Å². The van der Waals surface area contributed by atoms with E-state index in [4.69, 9.17) is 0 Å². The summed E-state index contributed by atoms with van der Waals surface area (Å²) in [7, 11) is 1.26. The van der Waals surface area contributed by atoms with Gasteiger partial charge >= 0.3 is 0 Å². The first-order valence-electron chi connectivity index (χ1n) is 7.32. The standard InChI is InChI=1S/2C11H6P.Fe/c2*1-2-6-10(7-3-1)12-11-8-4-5-9-11;/h2*1-3,6-7,12H;/q2*-5;. The van der Waals surface area contributed by atoms with E-state index in [0.717, 1.165) is 10.6 Å². The average molecular weight is 394 g/mol. The predicted octanol–water partition coefficient (Wildman–Crippen LogP) is 2.47. The fraction of sp³-hybridized carbons (Fsp3) is 0. The Bertz CT molecular complexity index is 720. The molecule has 0 nitrogen and oxygen atoms in total. The Kier molecular flexibility index (Phi) is 8.88. The van der Waals surface area contributed by atoms with E-state index in [9.17, 15) is 0 Å². The molecule has 2 atom stereocenters. The van der Waals surface area contributed by atoms with Crippen molar-refractivity contribution in [2.45, 2.75) is 0 Å². The van der Waals surface area contributed by atoms with Crippen LogP contribution in [0.15, 0.2) is 60.7 Å². The van der Waals surface area contributed by atoms with Crippen LogP contribution in [0.2, 0.25) is 0 Å². The second kappa shape index (κ2) is 11.2. The van der Waals surface area contributed by atoms with Crippen LogP contribution in [0.4, 0.5) is 0 Å². The quantitative estimate of drug-likeness (QED) is 0.284. The van der Waals surface area contributed by atoms with Crippen LogP contribution in [0.5, 0.6) is 0 Å². The second-order valence-electron chi connectivity index (χ2n) is 4.73. The molecule has 4 rings (SSSR count). The third-order valence-electron chi connectivity index (χ3n) is 2.96. The third-order valence-corrected chi connectivity index (χ3v) is 5.21. The van der Waals surface area contributed by atoms with Crippen molar-refractivity contribution in [3.63, 3.8) is 0 Å². The molecule has 0 aliphatic heterocycles. The van der Waals surface area contributed by atoms with Crippen LogP contribution >= 0.6 is 17.2 Å². The SMILES string of the molecule is [Fe].[c-]1[c-][c-][c-](Pc2ccccc2)[c-]1.[c-]1[c-][c-][c-](Pc2ccccc2)[c-]1. The van der Waals surface area contributed by atoms with Crippen molar-refractivity contribution in [3.8, 4) is 0 Å². The normalized spacial score (nSPS) is 10.6. The van der Waals surface area contributed by atoms with Gasteiger partial charge in [0.1, 0.15) is 0 Å². The topological polar surface area (TPSA) is 0 Å². The van der Waals surface area contributed by atoms with Crippen LogP contribution in [0.25, 0.3) is 0 Å². The second-order valence-corrected chi connectivity index (χ2v) is 7.39. The van der Waals surface area contributed by atoms with Crippen molar-refractivity contribution in [1.29, 1.82) is 0 Å². The van der Waals surface area contributed by atoms with Crippen molar-refractivity contribution in [2.24, 2.45) is 0 Å². The smallest absolute Gasteiger partial charge is 0 e. The van der Waals surface area contributed by atoms with Crippen LogP contribution in [0, 0.1) is 48.5 Å². The summed E-state index contributed by atoms with van der Waals surface area (Å²) in [5.41, 5.74) is 0. The van der Waals surface area contributed by atoms with E-state index in [1.807, 2.05) is 36.4 Å². The molecular formula is C22H12FeP2-10. The maximum atomic E-state index is 2.96. The molecule has 3 heteroatoms. The fourth-order valence-corrected chi connectivity index (χ4v) is 3.69. The van der Waals surface area contributed by atoms with Crippen LogP contribution < -0.4 is 21.2 Å². The van der Waals surface area contributed by atoms with E-state index in [2.05, 4.69) is 72.8 Å². The maximum absolute atomic E-state index is 2.96. The molecule has 0 aromatic heterocycles. The molecule has 0 saturated carbocycles. The van der Waals surface area contributed by atoms with E-state index in [1.54, 1.807) is 0 Å². The molecule has 0 aliphatic rings. The van der Waals surface area contributed by atoms with Crippen molar-refractivity contribution in [2.75, 3.05) is 0 Å². The third kappa shape index (κ3) is 7.11. The number of rotatable bonds is 4. The zero-order valence-electron chi connectivity index (χ0n) is 13.1. The molecule has 0 fully saturated rings. The molecule has 0 aliphatic carbocycles. The van der Waals surface area contributed by atoms with Gasteiger partial charge in [0.05, 0.1) is 0 Å². The van der Waals surface area contributed by atoms with Gasteiger partial charge in [0.15, 0.2) is 0 Å². The Morgan fingerprint density at radius 1 is 0.520 bits per heavy atom. The first-order chi connectivity index (χ1) is 11.9.